The molecule has 0 spiro atoms. The molecule has 1 amide bonds. The van der Waals surface area contributed by atoms with Crippen molar-refractivity contribution in [1.29, 1.82) is 0 Å². The molecule has 2 aromatic heterocycles. The summed E-state index contributed by atoms with van der Waals surface area (Å²) in [5, 5.41) is 5.66. The van der Waals surface area contributed by atoms with Crippen LogP contribution >= 0.6 is 11.3 Å². The number of nitrogens with zero attached hydrogens (tertiary/aromatic N) is 2. The topological polar surface area (TPSA) is 54.9 Å². The first kappa shape index (κ1) is 13.5. The number of aromatic nitrogens is 2. The Bertz CT molecular complexity index is 751. The minimum atomic E-state index is -0.0751. The Kier molecular flexibility index (Phi) is 3.75. The second-order valence-corrected chi connectivity index (χ2v) is 5.37. The number of benzene rings is 1. The fourth-order valence-electron chi connectivity index (χ4n) is 1.94. The van der Waals surface area contributed by atoms with E-state index in [0.717, 1.165) is 27.6 Å². The second-order valence-electron chi connectivity index (χ2n) is 4.51. The van der Waals surface area contributed by atoms with Crippen molar-refractivity contribution in [3.63, 3.8) is 0 Å². The Balaban J connectivity index is 1.85. The van der Waals surface area contributed by atoms with Gasteiger partial charge in [-0.15, -0.1) is 11.3 Å². The van der Waals surface area contributed by atoms with E-state index >= 15 is 0 Å². The smallest absolute Gasteiger partial charge is 0.221 e. The molecule has 3 aromatic rings. The number of nitrogens with one attached hydrogen (secondary N) is 1. The van der Waals surface area contributed by atoms with Crippen LogP contribution in [-0.4, -0.2) is 15.9 Å². The average molecular weight is 295 g/mol. The summed E-state index contributed by atoms with van der Waals surface area (Å²) in [4.78, 5) is 19.9. The number of amides is 1. The van der Waals surface area contributed by atoms with Gasteiger partial charge in [0.05, 0.1) is 11.4 Å². The first-order valence-electron chi connectivity index (χ1n) is 6.47. The van der Waals surface area contributed by atoms with Crippen molar-refractivity contribution < 1.29 is 4.79 Å². The molecule has 5 heteroatoms. The van der Waals surface area contributed by atoms with Gasteiger partial charge in [0, 0.05) is 29.8 Å². The summed E-state index contributed by atoms with van der Waals surface area (Å²) in [5.74, 6) is -0.0751. The van der Waals surface area contributed by atoms with Gasteiger partial charge in [0.2, 0.25) is 5.91 Å². The fraction of sp³-hybridized carbons (Fsp3) is 0.0625. The van der Waals surface area contributed by atoms with Crippen LogP contribution in [-0.2, 0) is 4.79 Å². The minimum Gasteiger partial charge on any atom is -0.326 e. The number of hydrogen-bond donors (Lipinski definition) is 1. The van der Waals surface area contributed by atoms with Crippen LogP contribution in [0.4, 0.5) is 5.69 Å². The van der Waals surface area contributed by atoms with Gasteiger partial charge >= 0.3 is 0 Å². The van der Waals surface area contributed by atoms with E-state index in [9.17, 15) is 4.79 Å². The highest BCUT2D eigenvalue weighted by molar-refractivity contribution is 7.13. The lowest BCUT2D eigenvalue weighted by molar-refractivity contribution is -0.114. The molecule has 0 atom stereocenters. The summed E-state index contributed by atoms with van der Waals surface area (Å²) in [6.45, 7) is 1.49. The maximum Gasteiger partial charge on any atom is 0.221 e. The Morgan fingerprint density at radius 1 is 1.10 bits per heavy atom. The zero-order valence-corrected chi connectivity index (χ0v) is 12.2. The number of rotatable bonds is 3. The highest BCUT2D eigenvalue weighted by Gasteiger charge is 2.07. The van der Waals surface area contributed by atoms with Crippen LogP contribution < -0.4 is 5.32 Å². The van der Waals surface area contributed by atoms with Crippen LogP contribution in [0.15, 0.2) is 54.0 Å². The van der Waals surface area contributed by atoms with Crippen molar-refractivity contribution in [2.75, 3.05) is 5.32 Å². The molecule has 1 N–H and O–H groups in total. The number of carbonyl (C=O) groups is 1. The van der Waals surface area contributed by atoms with E-state index in [-0.39, 0.29) is 5.91 Å². The number of pyridine rings is 1. The van der Waals surface area contributed by atoms with Crippen LogP contribution in [0, 0.1) is 0 Å². The van der Waals surface area contributed by atoms with Crippen LogP contribution in [0.2, 0.25) is 0 Å². The monoisotopic (exact) mass is 295 g/mol. The van der Waals surface area contributed by atoms with Crippen LogP contribution in [0.5, 0.6) is 0 Å². The molecule has 104 valence electrons. The quantitative estimate of drug-likeness (QED) is 0.799. The van der Waals surface area contributed by atoms with E-state index < -0.39 is 0 Å². The van der Waals surface area contributed by atoms with Crippen LogP contribution in [0.3, 0.4) is 0 Å². The van der Waals surface area contributed by atoms with Gasteiger partial charge in [-0.2, -0.15) is 0 Å². The molecule has 2 heterocycles. The Morgan fingerprint density at radius 3 is 2.57 bits per heavy atom. The second kappa shape index (κ2) is 5.85. The molecule has 0 bridgehead atoms. The van der Waals surface area contributed by atoms with Crippen molar-refractivity contribution in [1.82, 2.24) is 9.97 Å². The van der Waals surface area contributed by atoms with E-state index in [1.807, 2.05) is 47.8 Å². The zero-order chi connectivity index (χ0) is 14.7. The van der Waals surface area contributed by atoms with E-state index in [4.69, 9.17) is 0 Å². The highest BCUT2D eigenvalue weighted by Crippen LogP contribution is 2.28. The normalized spacial score (nSPS) is 10.3. The van der Waals surface area contributed by atoms with Crippen molar-refractivity contribution in [3.8, 4) is 22.0 Å². The molecule has 1 aromatic carbocycles. The molecule has 0 radical (unpaired) electrons. The van der Waals surface area contributed by atoms with Crippen LogP contribution in [0.1, 0.15) is 6.92 Å². The molecule has 0 saturated carbocycles. The molecular weight excluding hydrogens is 282 g/mol. The maximum absolute atomic E-state index is 11.0. The molecule has 0 aliphatic rings. The third kappa shape index (κ3) is 3.14. The summed E-state index contributed by atoms with van der Waals surface area (Å²) < 4.78 is 0. The van der Waals surface area contributed by atoms with E-state index in [1.165, 1.54) is 6.92 Å². The number of carbonyl (C=O) groups excluding carboxylic acids is 1. The molecule has 0 fully saturated rings. The molecule has 0 saturated heterocycles. The highest BCUT2D eigenvalue weighted by atomic mass is 32.1. The summed E-state index contributed by atoms with van der Waals surface area (Å²) in [7, 11) is 0. The average Bonchev–Trinajstić information content (AvgIpc) is 2.98. The third-order valence-corrected chi connectivity index (χ3v) is 3.75. The van der Waals surface area contributed by atoms with Gasteiger partial charge in [0.15, 0.2) is 0 Å². The van der Waals surface area contributed by atoms with Gasteiger partial charge in [-0.3, -0.25) is 9.78 Å². The lowest BCUT2D eigenvalue weighted by Crippen LogP contribution is -2.05. The Morgan fingerprint density at radius 2 is 1.90 bits per heavy atom. The largest absolute Gasteiger partial charge is 0.326 e. The zero-order valence-electron chi connectivity index (χ0n) is 11.4. The summed E-state index contributed by atoms with van der Waals surface area (Å²) >= 11 is 1.57. The van der Waals surface area contributed by atoms with Crippen molar-refractivity contribution in [3.05, 3.63) is 54.0 Å². The van der Waals surface area contributed by atoms with Gasteiger partial charge in [-0.1, -0.05) is 18.2 Å². The maximum atomic E-state index is 11.0. The summed E-state index contributed by atoms with van der Waals surface area (Å²) in [6, 6.07) is 13.4. The molecular formula is C16H13N3OS. The summed E-state index contributed by atoms with van der Waals surface area (Å²) in [5.41, 5.74) is 3.59. The minimum absolute atomic E-state index is 0.0751. The molecule has 0 unspecified atom stereocenters. The van der Waals surface area contributed by atoms with Crippen molar-refractivity contribution in [2.45, 2.75) is 6.92 Å². The van der Waals surface area contributed by atoms with Gasteiger partial charge in [-0.05, 0) is 24.3 Å². The van der Waals surface area contributed by atoms with Gasteiger partial charge < -0.3 is 5.32 Å². The number of thiazole rings is 1. The van der Waals surface area contributed by atoms with E-state index in [2.05, 4.69) is 15.3 Å². The molecule has 21 heavy (non-hydrogen) atoms. The predicted octanol–water partition coefficient (Wildman–Crippen LogP) is 3.83. The van der Waals surface area contributed by atoms with Gasteiger partial charge in [-0.25, -0.2) is 4.98 Å². The van der Waals surface area contributed by atoms with Gasteiger partial charge in [0.1, 0.15) is 5.01 Å². The molecule has 0 aliphatic heterocycles. The first-order chi connectivity index (χ1) is 10.2. The van der Waals surface area contributed by atoms with Crippen molar-refractivity contribution in [2.24, 2.45) is 0 Å². The number of anilines is 1. The van der Waals surface area contributed by atoms with Crippen LogP contribution in [0.25, 0.3) is 22.0 Å². The van der Waals surface area contributed by atoms with Gasteiger partial charge in [0.25, 0.3) is 0 Å². The predicted molar refractivity (Wildman–Crippen MR) is 85.1 cm³/mol. The first-order valence-corrected chi connectivity index (χ1v) is 7.35. The number of hydrogen-bond acceptors (Lipinski definition) is 4. The molecule has 4 nitrogen and oxygen atoms in total. The lowest BCUT2D eigenvalue weighted by Gasteiger charge is -2.02. The SMILES string of the molecule is CC(=O)Nc1ccc(-c2csc(-c3ccccn3)n2)cc1. The molecule has 0 aliphatic carbocycles. The van der Waals surface area contributed by atoms with Crippen molar-refractivity contribution >= 4 is 22.9 Å². The Labute approximate surface area is 126 Å². The standard InChI is InChI=1S/C16H13N3OS/c1-11(20)18-13-7-5-12(6-8-13)15-10-21-16(19-15)14-4-2-3-9-17-14/h2-10H,1H3,(H,18,20). The summed E-state index contributed by atoms with van der Waals surface area (Å²) in [6.07, 6.45) is 1.76. The van der Waals surface area contributed by atoms with E-state index in [0.29, 0.717) is 0 Å². The molecule has 3 rings (SSSR count). The fourth-order valence-corrected chi connectivity index (χ4v) is 2.75. The third-order valence-electron chi connectivity index (χ3n) is 2.89. The Hall–Kier alpha value is -2.53. The van der Waals surface area contributed by atoms with E-state index in [1.54, 1.807) is 17.5 Å². The lowest BCUT2D eigenvalue weighted by atomic mass is 10.1.